The third-order valence-corrected chi connectivity index (χ3v) is 3.93. The van der Waals surface area contributed by atoms with Gasteiger partial charge in [-0.2, -0.15) is 5.26 Å². The number of nitrogens with two attached hydrogens (primary N) is 1. The smallest absolute Gasteiger partial charge is 0.340 e. The topological polar surface area (TPSA) is 148 Å². The van der Waals surface area contributed by atoms with Gasteiger partial charge in [-0.25, -0.2) is 4.79 Å². The molecule has 0 aliphatic carbocycles. The lowest BCUT2D eigenvalue weighted by Crippen LogP contribution is -2.27. The fraction of sp³-hybridized carbons (Fsp3) is 0.190. The van der Waals surface area contributed by atoms with Crippen LogP contribution in [-0.2, 0) is 9.53 Å². The number of carbonyl (C=O) groups excluding carboxylic acids is 3. The van der Waals surface area contributed by atoms with Crippen molar-refractivity contribution in [2.24, 2.45) is 0 Å². The molecule has 3 aromatic rings. The zero-order chi connectivity index (χ0) is 22.1. The van der Waals surface area contributed by atoms with E-state index in [1.165, 1.54) is 30.3 Å². The van der Waals surface area contributed by atoms with Crippen LogP contribution in [0.1, 0.15) is 47.2 Å². The van der Waals surface area contributed by atoms with Crippen LogP contribution in [0, 0.1) is 11.3 Å². The molecule has 1 heterocycles. The minimum atomic E-state index is -1.04. The molecule has 0 aliphatic heterocycles. The van der Waals surface area contributed by atoms with Gasteiger partial charge in [-0.3, -0.25) is 9.59 Å². The van der Waals surface area contributed by atoms with Crippen LogP contribution in [0.25, 0.3) is 11.0 Å². The standard InChI is InChI=1S/C21H18N4O5/c1-21(2,3)29-20(28)13-8-11(10-22)4-6-15(13)24-19(27)18(26)17-14-9-12(23)5-7-16(14)30-25-17/h4-9H,23H2,1-3H3,(H,24,27). The molecule has 0 aliphatic rings. The lowest BCUT2D eigenvalue weighted by molar-refractivity contribution is -0.112. The number of nitriles is 1. The Kier molecular flexibility index (Phi) is 5.26. The van der Waals surface area contributed by atoms with Crippen molar-refractivity contribution < 1.29 is 23.6 Å². The van der Waals surface area contributed by atoms with Gasteiger partial charge in [0.05, 0.1) is 28.3 Å². The fourth-order valence-electron chi connectivity index (χ4n) is 2.63. The van der Waals surface area contributed by atoms with Crippen molar-refractivity contribution in [1.82, 2.24) is 5.16 Å². The number of anilines is 2. The number of ketones is 1. The Morgan fingerprint density at radius 1 is 1.17 bits per heavy atom. The molecule has 2 aromatic carbocycles. The van der Waals surface area contributed by atoms with Gasteiger partial charge in [-0.1, -0.05) is 5.16 Å². The maximum absolute atomic E-state index is 12.6. The van der Waals surface area contributed by atoms with E-state index in [0.29, 0.717) is 16.7 Å². The van der Waals surface area contributed by atoms with E-state index in [4.69, 9.17) is 20.3 Å². The van der Waals surface area contributed by atoms with Crippen molar-refractivity contribution in [3.05, 3.63) is 53.2 Å². The summed E-state index contributed by atoms with van der Waals surface area (Å²) < 4.78 is 10.4. The summed E-state index contributed by atoms with van der Waals surface area (Å²) in [6.07, 6.45) is 0. The second-order valence-corrected chi connectivity index (χ2v) is 7.44. The quantitative estimate of drug-likeness (QED) is 0.291. The van der Waals surface area contributed by atoms with E-state index < -0.39 is 23.3 Å². The highest BCUT2D eigenvalue weighted by Gasteiger charge is 2.26. The first-order valence-corrected chi connectivity index (χ1v) is 8.87. The van der Waals surface area contributed by atoms with Crippen molar-refractivity contribution in [2.75, 3.05) is 11.1 Å². The van der Waals surface area contributed by atoms with Crippen molar-refractivity contribution in [3.63, 3.8) is 0 Å². The van der Waals surface area contributed by atoms with Gasteiger partial charge in [0.2, 0.25) is 0 Å². The highest BCUT2D eigenvalue weighted by Crippen LogP contribution is 2.24. The molecule has 30 heavy (non-hydrogen) atoms. The number of Topliss-reactive ketones (excluding diaryl/α,β-unsaturated/α-hetero) is 1. The Labute approximate surface area is 171 Å². The Morgan fingerprint density at radius 2 is 1.90 bits per heavy atom. The molecule has 0 spiro atoms. The van der Waals surface area contributed by atoms with E-state index >= 15 is 0 Å². The third-order valence-electron chi connectivity index (χ3n) is 3.93. The molecule has 0 saturated heterocycles. The predicted octanol–water partition coefficient (Wildman–Crippen LogP) is 3.06. The van der Waals surface area contributed by atoms with Crippen molar-refractivity contribution in [1.29, 1.82) is 5.26 Å². The summed E-state index contributed by atoms with van der Waals surface area (Å²) in [6, 6.07) is 10.5. The molecule has 152 valence electrons. The minimum absolute atomic E-state index is 0.0221. The van der Waals surface area contributed by atoms with Crippen LogP contribution in [0.3, 0.4) is 0 Å². The van der Waals surface area contributed by atoms with Crippen LogP contribution >= 0.6 is 0 Å². The zero-order valence-corrected chi connectivity index (χ0v) is 16.5. The number of nitrogen functional groups attached to an aromatic ring is 1. The molecule has 9 heteroatoms. The molecule has 0 atom stereocenters. The second-order valence-electron chi connectivity index (χ2n) is 7.44. The number of carbonyl (C=O) groups is 3. The van der Waals surface area contributed by atoms with E-state index in [1.807, 2.05) is 6.07 Å². The SMILES string of the molecule is CC(C)(C)OC(=O)c1cc(C#N)ccc1NC(=O)C(=O)c1noc2ccc(N)cc12. The number of nitrogens with one attached hydrogen (secondary N) is 1. The molecule has 1 aromatic heterocycles. The number of hydrogen-bond acceptors (Lipinski definition) is 8. The molecule has 0 unspecified atom stereocenters. The van der Waals surface area contributed by atoms with Gasteiger partial charge in [0.15, 0.2) is 11.3 Å². The van der Waals surface area contributed by atoms with Crippen molar-refractivity contribution >= 4 is 40.0 Å². The minimum Gasteiger partial charge on any atom is -0.456 e. The molecular weight excluding hydrogens is 388 g/mol. The van der Waals surface area contributed by atoms with Gasteiger partial charge in [0.1, 0.15) is 5.60 Å². The van der Waals surface area contributed by atoms with E-state index in [2.05, 4.69) is 10.5 Å². The monoisotopic (exact) mass is 406 g/mol. The predicted molar refractivity (Wildman–Crippen MR) is 108 cm³/mol. The van der Waals surface area contributed by atoms with E-state index in [9.17, 15) is 14.4 Å². The number of nitrogens with zero attached hydrogens (tertiary/aromatic N) is 2. The normalized spacial score (nSPS) is 11.0. The highest BCUT2D eigenvalue weighted by atomic mass is 16.6. The van der Waals surface area contributed by atoms with E-state index in [1.54, 1.807) is 26.8 Å². The number of hydrogen-bond donors (Lipinski definition) is 2. The van der Waals surface area contributed by atoms with Gasteiger partial charge >= 0.3 is 5.97 Å². The summed E-state index contributed by atoms with van der Waals surface area (Å²) in [7, 11) is 0. The first-order chi connectivity index (χ1) is 14.1. The Hall–Kier alpha value is -4.19. The highest BCUT2D eigenvalue weighted by molar-refractivity contribution is 6.48. The number of rotatable bonds is 4. The van der Waals surface area contributed by atoms with Gasteiger partial charge in [-0.15, -0.1) is 0 Å². The molecule has 0 saturated carbocycles. The van der Waals surface area contributed by atoms with Gasteiger partial charge in [0, 0.05) is 5.69 Å². The first kappa shape index (κ1) is 20.5. The summed E-state index contributed by atoms with van der Waals surface area (Å²) in [5.74, 6) is -2.76. The van der Waals surface area contributed by atoms with E-state index in [-0.39, 0.29) is 22.5 Å². The fourth-order valence-corrected chi connectivity index (χ4v) is 2.63. The number of aromatic nitrogens is 1. The van der Waals surface area contributed by atoms with Crippen LogP contribution in [0.2, 0.25) is 0 Å². The lowest BCUT2D eigenvalue weighted by atomic mass is 10.1. The van der Waals surface area contributed by atoms with Crippen molar-refractivity contribution in [3.8, 4) is 6.07 Å². The molecule has 3 N–H and O–H groups in total. The number of amides is 1. The summed E-state index contributed by atoms with van der Waals surface area (Å²) in [4.78, 5) is 37.7. The summed E-state index contributed by atoms with van der Waals surface area (Å²) in [5.41, 5.74) is 5.55. The van der Waals surface area contributed by atoms with E-state index in [0.717, 1.165) is 0 Å². The van der Waals surface area contributed by atoms with Crippen LogP contribution < -0.4 is 11.1 Å². The molecule has 1 amide bonds. The number of esters is 1. The van der Waals surface area contributed by atoms with Gasteiger partial charge in [-0.05, 0) is 57.2 Å². The van der Waals surface area contributed by atoms with Crippen LogP contribution in [0.5, 0.6) is 0 Å². The lowest BCUT2D eigenvalue weighted by Gasteiger charge is -2.20. The van der Waals surface area contributed by atoms with Crippen molar-refractivity contribution in [2.45, 2.75) is 26.4 Å². The number of fused-ring (bicyclic) bond motifs is 1. The average molecular weight is 406 g/mol. The largest absolute Gasteiger partial charge is 0.456 e. The molecule has 0 bridgehead atoms. The number of ether oxygens (including phenoxy) is 1. The van der Waals surface area contributed by atoms with Crippen LogP contribution in [-0.4, -0.2) is 28.4 Å². The zero-order valence-electron chi connectivity index (χ0n) is 16.5. The molecule has 9 nitrogen and oxygen atoms in total. The molecule has 0 radical (unpaired) electrons. The first-order valence-electron chi connectivity index (χ1n) is 8.87. The average Bonchev–Trinajstić information content (AvgIpc) is 3.09. The summed E-state index contributed by atoms with van der Waals surface area (Å²) >= 11 is 0. The Bertz CT molecular complexity index is 1210. The van der Waals surface area contributed by atoms with Gasteiger partial charge in [0.25, 0.3) is 11.7 Å². The molecule has 0 fully saturated rings. The summed E-state index contributed by atoms with van der Waals surface area (Å²) in [6.45, 7) is 5.05. The van der Waals surface area contributed by atoms with Crippen LogP contribution in [0.4, 0.5) is 11.4 Å². The van der Waals surface area contributed by atoms with Gasteiger partial charge < -0.3 is 20.3 Å². The third kappa shape index (κ3) is 4.28. The molecule has 3 rings (SSSR count). The maximum atomic E-state index is 12.6. The second kappa shape index (κ2) is 7.67. The molecular formula is C21H18N4O5. The maximum Gasteiger partial charge on any atom is 0.340 e. The Balaban J connectivity index is 1.92. The Morgan fingerprint density at radius 3 is 2.57 bits per heavy atom. The number of benzene rings is 2. The van der Waals surface area contributed by atoms with Crippen LogP contribution in [0.15, 0.2) is 40.9 Å². The summed E-state index contributed by atoms with van der Waals surface area (Å²) in [5, 5.41) is 15.4.